The van der Waals surface area contributed by atoms with E-state index in [2.05, 4.69) is 58.5 Å². The third-order valence-corrected chi connectivity index (χ3v) is 6.32. The van der Waals surface area contributed by atoms with Gasteiger partial charge >= 0.3 is 0 Å². The van der Waals surface area contributed by atoms with E-state index >= 15 is 0 Å². The first kappa shape index (κ1) is 23.6. The van der Waals surface area contributed by atoms with E-state index in [1.54, 1.807) is 18.2 Å². The van der Waals surface area contributed by atoms with E-state index in [9.17, 15) is 9.59 Å². The maximum atomic E-state index is 13.3. The van der Waals surface area contributed by atoms with Crippen LogP contribution in [-0.2, 0) is 13.0 Å². The quantitative estimate of drug-likeness (QED) is 0.501. The molecule has 0 fully saturated rings. The molecule has 0 radical (unpaired) electrons. The topological polar surface area (TPSA) is 77.8 Å². The van der Waals surface area contributed by atoms with Crippen molar-refractivity contribution in [3.05, 3.63) is 83.3 Å². The van der Waals surface area contributed by atoms with Crippen molar-refractivity contribution in [2.75, 3.05) is 42.9 Å². The monoisotopic (exact) mass is 460 g/mol. The van der Waals surface area contributed by atoms with Gasteiger partial charge in [-0.1, -0.05) is 38.1 Å². The number of carbonyl (C=O) groups is 2. The number of nitrogens with one attached hydrogen (secondary N) is 2. The number of furan rings is 1. The summed E-state index contributed by atoms with van der Waals surface area (Å²) < 4.78 is 5.19. The summed E-state index contributed by atoms with van der Waals surface area (Å²) in [5.41, 5.74) is 4.60. The molecule has 1 aliphatic rings. The maximum Gasteiger partial charge on any atom is 0.291 e. The van der Waals surface area contributed by atoms with Crippen LogP contribution in [0, 0.1) is 0 Å². The molecule has 2 aromatic carbocycles. The van der Waals surface area contributed by atoms with Crippen molar-refractivity contribution in [3.8, 4) is 0 Å². The van der Waals surface area contributed by atoms with Crippen molar-refractivity contribution in [2.24, 2.45) is 0 Å². The zero-order valence-corrected chi connectivity index (χ0v) is 19.8. The molecule has 3 aromatic rings. The highest BCUT2D eigenvalue weighted by atomic mass is 16.3. The highest BCUT2D eigenvalue weighted by molar-refractivity contribution is 6.05. The van der Waals surface area contributed by atoms with E-state index in [0.29, 0.717) is 17.8 Å². The lowest BCUT2D eigenvalue weighted by molar-refractivity contribution is 0.0947. The van der Waals surface area contributed by atoms with E-state index in [1.807, 2.05) is 12.1 Å². The Hall–Kier alpha value is -3.58. The van der Waals surface area contributed by atoms with Crippen LogP contribution in [0.4, 0.5) is 11.4 Å². The summed E-state index contributed by atoms with van der Waals surface area (Å²) in [4.78, 5) is 30.3. The van der Waals surface area contributed by atoms with Gasteiger partial charge in [-0.25, -0.2) is 0 Å². The van der Waals surface area contributed by atoms with Crippen LogP contribution >= 0.6 is 0 Å². The summed E-state index contributed by atoms with van der Waals surface area (Å²) in [7, 11) is 0. The van der Waals surface area contributed by atoms with Gasteiger partial charge in [-0.05, 0) is 61.0 Å². The Morgan fingerprint density at radius 3 is 2.53 bits per heavy atom. The average molecular weight is 461 g/mol. The summed E-state index contributed by atoms with van der Waals surface area (Å²) >= 11 is 0. The molecule has 0 saturated carbocycles. The lowest BCUT2D eigenvalue weighted by atomic mass is 9.98. The van der Waals surface area contributed by atoms with Gasteiger partial charge in [-0.2, -0.15) is 0 Å². The van der Waals surface area contributed by atoms with Gasteiger partial charge in [-0.3, -0.25) is 9.59 Å². The van der Waals surface area contributed by atoms with Gasteiger partial charge in [0.1, 0.15) is 0 Å². The number of hydrogen-bond donors (Lipinski definition) is 2. The van der Waals surface area contributed by atoms with Gasteiger partial charge in [0.2, 0.25) is 0 Å². The van der Waals surface area contributed by atoms with Crippen molar-refractivity contribution < 1.29 is 14.0 Å². The number of nitrogens with zero attached hydrogens (tertiary/aromatic N) is 2. The molecule has 178 valence electrons. The van der Waals surface area contributed by atoms with E-state index in [4.69, 9.17) is 4.42 Å². The molecule has 0 atom stereocenters. The molecule has 7 nitrogen and oxygen atoms in total. The van der Waals surface area contributed by atoms with Crippen LogP contribution in [0.1, 0.15) is 45.9 Å². The zero-order chi connectivity index (χ0) is 23.9. The minimum Gasteiger partial charge on any atom is -0.459 e. The standard InChI is InChI=1S/C27H32N4O3/c1-3-30(4-2)16-14-28-26(32)23-18-22(29-27(33)25-10-7-17-34-25)11-12-24(23)31-15-13-20-8-5-6-9-21(20)19-31/h5-12,17-18H,3-4,13-16,19H2,1-2H3,(H,28,32)(H,29,33). The van der Waals surface area contributed by atoms with E-state index in [-0.39, 0.29) is 17.6 Å². The van der Waals surface area contributed by atoms with Crippen LogP contribution in [0.5, 0.6) is 0 Å². The minimum atomic E-state index is -0.349. The number of hydrogen-bond acceptors (Lipinski definition) is 5. The fourth-order valence-electron chi connectivity index (χ4n) is 4.34. The predicted octanol–water partition coefficient (Wildman–Crippen LogP) is 4.17. The molecular formula is C27H32N4O3. The van der Waals surface area contributed by atoms with E-state index in [0.717, 1.165) is 44.8 Å². The van der Waals surface area contributed by atoms with Crippen molar-refractivity contribution >= 4 is 23.2 Å². The fourth-order valence-corrected chi connectivity index (χ4v) is 4.34. The number of anilines is 2. The molecule has 0 bridgehead atoms. The van der Waals surface area contributed by atoms with Crippen LogP contribution in [0.2, 0.25) is 0 Å². The molecule has 2 N–H and O–H groups in total. The minimum absolute atomic E-state index is 0.143. The Kier molecular flexibility index (Phi) is 7.65. The number of likely N-dealkylation sites (N-methyl/N-ethyl adjacent to an activating group) is 1. The number of carbonyl (C=O) groups excluding carboxylic acids is 2. The Labute approximate surface area is 200 Å². The highest BCUT2D eigenvalue weighted by Gasteiger charge is 2.22. The van der Waals surface area contributed by atoms with Crippen molar-refractivity contribution in [1.82, 2.24) is 10.2 Å². The number of benzene rings is 2. The molecular weight excluding hydrogens is 428 g/mol. The molecule has 2 amide bonds. The Morgan fingerprint density at radius 2 is 1.79 bits per heavy atom. The highest BCUT2D eigenvalue weighted by Crippen LogP contribution is 2.29. The van der Waals surface area contributed by atoms with Gasteiger partial charge in [0, 0.05) is 37.6 Å². The SMILES string of the molecule is CCN(CC)CCNC(=O)c1cc(NC(=O)c2ccco2)ccc1N1CCc2ccccc2C1. The lowest BCUT2D eigenvalue weighted by Crippen LogP contribution is -2.36. The molecule has 34 heavy (non-hydrogen) atoms. The largest absolute Gasteiger partial charge is 0.459 e. The van der Waals surface area contributed by atoms with E-state index < -0.39 is 0 Å². The van der Waals surface area contributed by atoms with Crippen LogP contribution in [0.15, 0.2) is 65.3 Å². The van der Waals surface area contributed by atoms with Gasteiger partial charge in [0.25, 0.3) is 11.8 Å². The Balaban J connectivity index is 1.57. The second kappa shape index (κ2) is 11.0. The van der Waals surface area contributed by atoms with Gasteiger partial charge in [0.05, 0.1) is 11.8 Å². The molecule has 1 aromatic heterocycles. The molecule has 7 heteroatoms. The first-order valence-corrected chi connectivity index (χ1v) is 11.9. The number of rotatable bonds is 9. The van der Waals surface area contributed by atoms with Crippen LogP contribution < -0.4 is 15.5 Å². The predicted molar refractivity (Wildman–Crippen MR) is 134 cm³/mol. The summed E-state index contributed by atoms with van der Waals surface area (Å²) in [6, 6.07) is 17.2. The average Bonchev–Trinajstić information content (AvgIpc) is 3.41. The molecule has 2 heterocycles. The third kappa shape index (κ3) is 5.48. The Bertz CT molecular complexity index is 1120. The lowest BCUT2D eigenvalue weighted by Gasteiger charge is -2.32. The van der Waals surface area contributed by atoms with Crippen LogP contribution in [-0.4, -0.2) is 49.4 Å². The van der Waals surface area contributed by atoms with Crippen molar-refractivity contribution in [1.29, 1.82) is 0 Å². The smallest absolute Gasteiger partial charge is 0.291 e. The van der Waals surface area contributed by atoms with Crippen molar-refractivity contribution in [2.45, 2.75) is 26.8 Å². The zero-order valence-electron chi connectivity index (χ0n) is 19.8. The van der Waals surface area contributed by atoms with Crippen LogP contribution in [0.25, 0.3) is 0 Å². The summed E-state index contributed by atoms with van der Waals surface area (Å²) in [6.45, 7) is 9.04. The van der Waals surface area contributed by atoms with E-state index in [1.165, 1.54) is 17.4 Å². The molecule has 0 saturated heterocycles. The molecule has 0 unspecified atom stereocenters. The first-order chi connectivity index (χ1) is 16.6. The van der Waals surface area contributed by atoms with Gasteiger partial charge in [-0.15, -0.1) is 0 Å². The number of amides is 2. The molecule has 0 spiro atoms. The molecule has 4 rings (SSSR count). The summed E-state index contributed by atoms with van der Waals surface area (Å²) in [6.07, 6.45) is 2.39. The summed E-state index contributed by atoms with van der Waals surface area (Å²) in [5.74, 6) is -0.269. The normalized spacial score (nSPS) is 13.0. The third-order valence-electron chi connectivity index (χ3n) is 6.32. The van der Waals surface area contributed by atoms with Crippen LogP contribution in [0.3, 0.4) is 0 Å². The second-order valence-corrected chi connectivity index (χ2v) is 8.39. The first-order valence-electron chi connectivity index (χ1n) is 11.9. The van der Waals surface area contributed by atoms with Gasteiger partial charge < -0.3 is 24.9 Å². The van der Waals surface area contributed by atoms with Crippen molar-refractivity contribution in [3.63, 3.8) is 0 Å². The van der Waals surface area contributed by atoms with Gasteiger partial charge in [0.15, 0.2) is 5.76 Å². The second-order valence-electron chi connectivity index (χ2n) is 8.39. The fraction of sp³-hybridized carbons (Fsp3) is 0.333. The molecule has 1 aliphatic heterocycles. The Morgan fingerprint density at radius 1 is 1.00 bits per heavy atom. The maximum absolute atomic E-state index is 13.3. The summed E-state index contributed by atoms with van der Waals surface area (Å²) in [5, 5.41) is 5.90. The number of fused-ring (bicyclic) bond motifs is 1. The molecule has 0 aliphatic carbocycles.